The predicted octanol–water partition coefficient (Wildman–Crippen LogP) is -22.5. The minimum Gasteiger partial charge on any atom is -0.550 e. The monoisotopic (exact) mass is 618 g/mol. The summed E-state index contributed by atoms with van der Waals surface area (Å²) in [6.07, 6.45) is -7.19. The van der Waals surface area contributed by atoms with Gasteiger partial charge < -0.3 is 70.2 Å². The molecule has 0 bridgehead atoms. The van der Waals surface area contributed by atoms with Crippen molar-refractivity contribution in [1.82, 2.24) is 10.6 Å². The summed E-state index contributed by atoms with van der Waals surface area (Å²) in [5.74, 6) is -15.1. The Bertz CT molecular complexity index is 820. The molecule has 8 N–H and O–H groups in total. The second-order valence-electron chi connectivity index (χ2n) is 6.43. The summed E-state index contributed by atoms with van der Waals surface area (Å²) < 4.78 is 0. The Kier molecular flexibility index (Phi) is 34.3. The van der Waals surface area contributed by atoms with Gasteiger partial charge in [-0.2, -0.15) is 0 Å². The van der Waals surface area contributed by atoms with E-state index in [9.17, 15) is 58.8 Å². The van der Waals surface area contributed by atoms with Gasteiger partial charge in [0, 0.05) is 24.8 Å². The molecule has 20 nitrogen and oxygen atoms in total. The first-order valence-corrected chi connectivity index (χ1v) is 8.94. The molecule has 0 spiro atoms. The van der Waals surface area contributed by atoms with E-state index in [0.717, 1.165) is 0 Å². The van der Waals surface area contributed by atoms with Crippen LogP contribution in [-0.2, 0) is 38.4 Å². The smallest absolute Gasteiger partial charge is 0.550 e. The van der Waals surface area contributed by atoms with Gasteiger partial charge in [-0.3, -0.25) is 20.2 Å². The van der Waals surface area contributed by atoms with Gasteiger partial charge in [-0.1, -0.05) is 0 Å². The molecule has 0 aliphatic heterocycles. The number of aliphatic carboxylic acids is 8. The number of hydrogen-bond donors (Lipinski definition) is 8. The van der Waals surface area contributed by atoms with Gasteiger partial charge in [-0.05, 0) is 0 Å². The zero-order valence-electron chi connectivity index (χ0n) is 21.5. The summed E-state index contributed by atoms with van der Waals surface area (Å²) in [5, 5.41) is 96.7. The first-order chi connectivity index (χ1) is 16.3. The van der Waals surface area contributed by atoms with Crippen LogP contribution in [0.15, 0.2) is 0 Å². The standard InChI is InChI=1S/2C8H11NO9.4Na/c2*10-3(11)1-2(6(13)14)9-4(7(15)16)5(12)8(17)18;;;;/h2*2,4-5,9,12H,1H2,(H,10,11)(H,13,14)(H,15,16)(H,17,18);;;;/q;;4*+1/p-4/t2*2-,4?,5?;;;;/m00..../s1. The van der Waals surface area contributed by atoms with Crippen molar-refractivity contribution < 1.29 is 208 Å². The molecule has 0 aromatic carbocycles. The second-order valence-corrected chi connectivity index (χ2v) is 6.43. The molecule has 0 aliphatic carbocycles. The molecular weight excluding hydrogens is 600 g/mol. The fraction of sp³-hybridized carbons (Fsp3) is 0.500. The number of carbonyl (C=O) groups is 8. The average Bonchev–Trinajstić information content (AvgIpc) is 2.71. The second kappa shape index (κ2) is 26.2. The SMILES string of the molecule is O=C([O-])C[C@H](NC(C(=O)O)C(O)C(=O)O)C(=O)[O-].O=C([O-])C[C@H](NC(C(=O)O)C(O)C(=O)O)C(=O)[O-].[Na+].[Na+].[Na+].[Na+]. The summed E-state index contributed by atoms with van der Waals surface area (Å²) in [4.78, 5) is 83.4. The molecule has 0 amide bonds. The van der Waals surface area contributed by atoms with Crippen molar-refractivity contribution in [1.29, 1.82) is 0 Å². The quantitative estimate of drug-likeness (QED) is 0.0744. The van der Waals surface area contributed by atoms with Crippen LogP contribution in [0, 0.1) is 0 Å². The van der Waals surface area contributed by atoms with Gasteiger partial charge in [-0.25, -0.2) is 9.59 Å². The number of hydrogen-bond acceptors (Lipinski definition) is 16. The minimum absolute atomic E-state index is 0. The molecule has 0 aromatic rings. The Labute approximate surface area is 311 Å². The topological polar surface area (TPSA) is 374 Å². The minimum atomic E-state index is -2.45. The fourth-order valence-electron chi connectivity index (χ4n) is 2.07. The normalized spacial score (nSPS) is 13.8. The molecule has 0 fully saturated rings. The van der Waals surface area contributed by atoms with E-state index in [1.807, 2.05) is 0 Å². The molecule has 0 rings (SSSR count). The first kappa shape index (κ1) is 52.3. The largest absolute Gasteiger partial charge is 1.00 e. The van der Waals surface area contributed by atoms with Crippen molar-refractivity contribution in [3.05, 3.63) is 0 Å². The number of aliphatic hydroxyl groups is 2. The maximum absolute atomic E-state index is 10.6. The zero-order valence-corrected chi connectivity index (χ0v) is 29.5. The molecule has 0 heterocycles. The molecule has 0 aromatic heterocycles. The van der Waals surface area contributed by atoms with Crippen LogP contribution >= 0.6 is 0 Å². The van der Waals surface area contributed by atoms with Gasteiger partial charge in [0.15, 0.2) is 12.2 Å². The van der Waals surface area contributed by atoms with Gasteiger partial charge in [-0.15, -0.1) is 0 Å². The Morgan fingerprint density at radius 2 is 0.725 bits per heavy atom. The van der Waals surface area contributed by atoms with E-state index >= 15 is 0 Å². The maximum Gasteiger partial charge on any atom is 1.00 e. The van der Waals surface area contributed by atoms with Crippen LogP contribution in [0.4, 0.5) is 0 Å². The van der Waals surface area contributed by atoms with Gasteiger partial charge >= 0.3 is 142 Å². The predicted molar refractivity (Wildman–Crippen MR) is 93.2 cm³/mol. The molecule has 204 valence electrons. The number of carbonyl (C=O) groups excluding carboxylic acids is 4. The van der Waals surface area contributed by atoms with Crippen molar-refractivity contribution in [3.8, 4) is 0 Å². The summed E-state index contributed by atoms with van der Waals surface area (Å²) in [6, 6.07) is -8.43. The van der Waals surface area contributed by atoms with Crippen molar-refractivity contribution in [2.75, 3.05) is 0 Å². The Morgan fingerprint density at radius 3 is 0.850 bits per heavy atom. The van der Waals surface area contributed by atoms with E-state index in [-0.39, 0.29) is 118 Å². The van der Waals surface area contributed by atoms with Crippen LogP contribution < -0.4 is 149 Å². The molecule has 0 radical (unpaired) electrons. The molecule has 4 unspecified atom stereocenters. The van der Waals surface area contributed by atoms with Gasteiger partial charge in [0.1, 0.15) is 12.1 Å². The third-order valence-electron chi connectivity index (χ3n) is 3.74. The Morgan fingerprint density at radius 1 is 0.500 bits per heavy atom. The first-order valence-electron chi connectivity index (χ1n) is 8.94. The number of rotatable bonds is 16. The van der Waals surface area contributed by atoms with E-state index in [1.54, 1.807) is 10.6 Å². The van der Waals surface area contributed by atoms with Crippen LogP contribution in [0.2, 0.25) is 0 Å². The average molecular weight is 618 g/mol. The number of aliphatic hydroxyl groups excluding tert-OH is 2. The van der Waals surface area contributed by atoms with E-state index in [0.29, 0.717) is 0 Å². The molecule has 0 saturated heterocycles. The van der Waals surface area contributed by atoms with Crippen LogP contribution in [0.1, 0.15) is 12.8 Å². The van der Waals surface area contributed by atoms with Crippen molar-refractivity contribution >= 4 is 47.8 Å². The Balaban J connectivity index is -0.000000131. The van der Waals surface area contributed by atoms with Crippen molar-refractivity contribution in [2.45, 2.75) is 49.2 Å². The summed E-state index contributed by atoms with van der Waals surface area (Å²) in [7, 11) is 0. The summed E-state index contributed by atoms with van der Waals surface area (Å²) in [5.41, 5.74) is 0. The van der Waals surface area contributed by atoms with Gasteiger partial charge in [0.05, 0.1) is 24.0 Å². The van der Waals surface area contributed by atoms with E-state index in [1.165, 1.54) is 0 Å². The maximum atomic E-state index is 10.6. The molecule has 40 heavy (non-hydrogen) atoms. The third kappa shape index (κ3) is 22.2. The van der Waals surface area contributed by atoms with Gasteiger partial charge in [0.2, 0.25) is 0 Å². The van der Waals surface area contributed by atoms with Gasteiger partial charge in [0.25, 0.3) is 0 Å². The molecular formula is C16H18N2Na4O18. The molecule has 6 atom stereocenters. The molecule has 0 saturated carbocycles. The molecule has 24 heteroatoms. The van der Waals surface area contributed by atoms with Crippen molar-refractivity contribution in [2.24, 2.45) is 0 Å². The third-order valence-corrected chi connectivity index (χ3v) is 3.74. The van der Waals surface area contributed by atoms with E-state index in [4.69, 9.17) is 30.6 Å². The fourth-order valence-corrected chi connectivity index (χ4v) is 2.07. The molecule has 0 aliphatic rings. The Hall–Kier alpha value is -0.400. The summed E-state index contributed by atoms with van der Waals surface area (Å²) >= 11 is 0. The van der Waals surface area contributed by atoms with E-state index in [2.05, 4.69) is 0 Å². The van der Waals surface area contributed by atoms with Crippen LogP contribution in [0.3, 0.4) is 0 Å². The van der Waals surface area contributed by atoms with Crippen LogP contribution in [0.25, 0.3) is 0 Å². The van der Waals surface area contributed by atoms with Crippen LogP contribution in [0.5, 0.6) is 0 Å². The van der Waals surface area contributed by atoms with Crippen LogP contribution in [-0.4, -0.2) is 115 Å². The summed E-state index contributed by atoms with van der Waals surface area (Å²) in [6.45, 7) is 0. The zero-order chi connectivity index (χ0) is 28.9. The number of nitrogens with one attached hydrogen (secondary N) is 2. The van der Waals surface area contributed by atoms with E-state index < -0.39 is 97.0 Å². The van der Waals surface area contributed by atoms with Crippen molar-refractivity contribution in [3.63, 3.8) is 0 Å². The number of carboxylic acids is 8. The number of carboxylic acid groups (broad SMARTS) is 8.